The van der Waals surface area contributed by atoms with Gasteiger partial charge in [0, 0.05) is 12.1 Å². The molecule has 1 aliphatic heterocycles. The summed E-state index contributed by atoms with van der Waals surface area (Å²) in [6, 6.07) is 0. The second-order valence-electron chi connectivity index (χ2n) is 4.08. The standard InChI is InChI=1S/C10H9F3N6/c11-10(12,13)7-5-1-2-14-3-6(5)17-9(18-7)8-15-4-16-19-8/h4,14H,1-3H2,(H,15,16,19). The van der Waals surface area contributed by atoms with Crippen molar-refractivity contribution in [3.63, 3.8) is 0 Å². The molecule has 0 spiro atoms. The Morgan fingerprint density at radius 2 is 2.05 bits per heavy atom. The molecule has 1 aliphatic rings. The summed E-state index contributed by atoms with van der Waals surface area (Å²) in [4.78, 5) is 11.5. The molecule has 0 bridgehead atoms. The number of hydrogen-bond donors (Lipinski definition) is 2. The topological polar surface area (TPSA) is 79.4 Å². The second kappa shape index (κ2) is 4.26. The van der Waals surface area contributed by atoms with Crippen LogP contribution < -0.4 is 5.32 Å². The first-order valence-electron chi connectivity index (χ1n) is 5.59. The van der Waals surface area contributed by atoms with E-state index in [1.54, 1.807) is 0 Å². The van der Waals surface area contributed by atoms with Crippen LogP contribution in [0.5, 0.6) is 0 Å². The lowest BCUT2D eigenvalue weighted by molar-refractivity contribution is -0.142. The number of fused-ring (bicyclic) bond motifs is 1. The molecule has 0 aliphatic carbocycles. The molecular formula is C10H9F3N6. The Labute approximate surface area is 105 Å². The zero-order valence-corrected chi connectivity index (χ0v) is 9.62. The van der Waals surface area contributed by atoms with E-state index in [1.165, 1.54) is 6.33 Å². The number of halogens is 3. The first-order valence-corrected chi connectivity index (χ1v) is 5.59. The Bertz CT molecular complexity index is 592. The number of nitrogens with zero attached hydrogens (tertiary/aromatic N) is 4. The maximum absolute atomic E-state index is 13.0. The maximum Gasteiger partial charge on any atom is 0.433 e. The zero-order chi connectivity index (χ0) is 13.5. The van der Waals surface area contributed by atoms with E-state index in [0.717, 1.165) is 0 Å². The van der Waals surface area contributed by atoms with Crippen molar-refractivity contribution in [2.24, 2.45) is 0 Å². The lowest BCUT2D eigenvalue weighted by Gasteiger charge is -2.20. The van der Waals surface area contributed by atoms with E-state index in [0.29, 0.717) is 18.8 Å². The molecule has 0 amide bonds. The Morgan fingerprint density at radius 3 is 2.74 bits per heavy atom. The van der Waals surface area contributed by atoms with E-state index in [4.69, 9.17) is 0 Å². The van der Waals surface area contributed by atoms with Crippen molar-refractivity contribution in [3.05, 3.63) is 23.3 Å². The van der Waals surface area contributed by atoms with Crippen molar-refractivity contribution < 1.29 is 13.2 Å². The Morgan fingerprint density at radius 1 is 1.21 bits per heavy atom. The van der Waals surface area contributed by atoms with Crippen molar-refractivity contribution in [1.29, 1.82) is 0 Å². The van der Waals surface area contributed by atoms with Gasteiger partial charge in [-0.05, 0) is 13.0 Å². The molecular weight excluding hydrogens is 261 g/mol. The summed E-state index contributed by atoms with van der Waals surface area (Å²) < 4.78 is 39.1. The number of rotatable bonds is 1. The van der Waals surface area contributed by atoms with Crippen LogP contribution in [-0.4, -0.2) is 31.7 Å². The van der Waals surface area contributed by atoms with Crippen LogP contribution >= 0.6 is 0 Å². The fourth-order valence-corrected chi connectivity index (χ4v) is 2.01. The molecule has 0 saturated heterocycles. The molecule has 9 heteroatoms. The molecule has 0 radical (unpaired) electrons. The molecule has 2 aromatic heterocycles. The van der Waals surface area contributed by atoms with Crippen LogP contribution in [0, 0.1) is 0 Å². The van der Waals surface area contributed by atoms with Gasteiger partial charge in [0.2, 0.25) is 0 Å². The minimum Gasteiger partial charge on any atom is -0.311 e. The van der Waals surface area contributed by atoms with Gasteiger partial charge in [0.15, 0.2) is 17.3 Å². The largest absolute Gasteiger partial charge is 0.433 e. The van der Waals surface area contributed by atoms with E-state index in [-0.39, 0.29) is 23.6 Å². The van der Waals surface area contributed by atoms with Gasteiger partial charge in [-0.3, -0.25) is 5.10 Å². The van der Waals surface area contributed by atoms with Gasteiger partial charge in [0.1, 0.15) is 6.33 Å². The summed E-state index contributed by atoms with van der Waals surface area (Å²) in [7, 11) is 0. The molecule has 0 fully saturated rings. The monoisotopic (exact) mass is 270 g/mol. The molecule has 3 heterocycles. The van der Waals surface area contributed by atoms with Crippen molar-refractivity contribution in [1.82, 2.24) is 30.5 Å². The molecule has 0 aromatic carbocycles. The van der Waals surface area contributed by atoms with Gasteiger partial charge >= 0.3 is 6.18 Å². The number of aromatic amines is 1. The number of nitrogens with one attached hydrogen (secondary N) is 2. The van der Waals surface area contributed by atoms with Crippen molar-refractivity contribution in [3.8, 4) is 11.6 Å². The van der Waals surface area contributed by atoms with Crippen LogP contribution in [0.4, 0.5) is 13.2 Å². The van der Waals surface area contributed by atoms with Gasteiger partial charge < -0.3 is 5.32 Å². The third-order valence-electron chi connectivity index (χ3n) is 2.83. The SMILES string of the molecule is FC(F)(F)c1nc(-c2ncn[nH]2)nc2c1CCNC2. The summed E-state index contributed by atoms with van der Waals surface area (Å²) in [6.07, 6.45) is -3.04. The quantitative estimate of drug-likeness (QED) is 0.805. The minimum atomic E-state index is -4.50. The average Bonchev–Trinajstić information content (AvgIpc) is 2.90. The summed E-state index contributed by atoms with van der Waals surface area (Å²) >= 11 is 0. The highest BCUT2D eigenvalue weighted by molar-refractivity contribution is 5.45. The van der Waals surface area contributed by atoms with Gasteiger partial charge in [-0.25, -0.2) is 15.0 Å². The van der Waals surface area contributed by atoms with E-state index in [2.05, 4.69) is 30.5 Å². The molecule has 19 heavy (non-hydrogen) atoms. The number of aromatic nitrogens is 5. The van der Waals surface area contributed by atoms with E-state index >= 15 is 0 Å². The molecule has 0 atom stereocenters. The molecule has 3 rings (SSSR count). The smallest absolute Gasteiger partial charge is 0.311 e. The van der Waals surface area contributed by atoms with Gasteiger partial charge in [-0.1, -0.05) is 0 Å². The summed E-state index contributed by atoms with van der Waals surface area (Å²) in [5.74, 6) is 0.0335. The normalized spacial score (nSPS) is 15.3. The van der Waals surface area contributed by atoms with Crippen molar-refractivity contribution in [2.75, 3.05) is 6.54 Å². The fourth-order valence-electron chi connectivity index (χ4n) is 2.01. The molecule has 6 nitrogen and oxygen atoms in total. The minimum absolute atomic E-state index is 0.0905. The molecule has 0 saturated carbocycles. The highest BCUT2D eigenvalue weighted by atomic mass is 19.4. The van der Waals surface area contributed by atoms with Crippen LogP contribution in [0.3, 0.4) is 0 Å². The van der Waals surface area contributed by atoms with Crippen LogP contribution in [-0.2, 0) is 19.1 Å². The Balaban J connectivity index is 2.19. The molecule has 100 valence electrons. The van der Waals surface area contributed by atoms with E-state index in [9.17, 15) is 13.2 Å². The number of alkyl halides is 3. The lowest BCUT2D eigenvalue weighted by Crippen LogP contribution is -2.29. The first kappa shape index (κ1) is 12.0. The van der Waals surface area contributed by atoms with Crippen LogP contribution in [0.1, 0.15) is 17.0 Å². The zero-order valence-electron chi connectivity index (χ0n) is 9.62. The van der Waals surface area contributed by atoms with Crippen LogP contribution in [0.25, 0.3) is 11.6 Å². The molecule has 0 unspecified atom stereocenters. The maximum atomic E-state index is 13.0. The third-order valence-corrected chi connectivity index (χ3v) is 2.83. The third kappa shape index (κ3) is 2.16. The summed E-state index contributed by atoms with van der Waals surface area (Å²) in [5, 5.41) is 9.04. The Kier molecular flexibility index (Phi) is 2.70. The van der Waals surface area contributed by atoms with Gasteiger partial charge in [-0.2, -0.15) is 18.3 Å². The predicted octanol–water partition coefficient (Wildman–Crippen LogP) is 0.926. The lowest BCUT2D eigenvalue weighted by atomic mass is 10.0. The van der Waals surface area contributed by atoms with Gasteiger partial charge in [0.25, 0.3) is 0 Å². The van der Waals surface area contributed by atoms with E-state index in [1.807, 2.05) is 0 Å². The summed E-state index contributed by atoms with van der Waals surface area (Å²) in [6.45, 7) is 0.781. The Hall–Kier alpha value is -2.03. The first-order chi connectivity index (χ1) is 9.05. The predicted molar refractivity (Wildman–Crippen MR) is 57.8 cm³/mol. The van der Waals surface area contributed by atoms with Crippen molar-refractivity contribution >= 4 is 0 Å². The van der Waals surface area contributed by atoms with Crippen molar-refractivity contribution in [2.45, 2.75) is 19.1 Å². The second-order valence-corrected chi connectivity index (χ2v) is 4.08. The molecule has 2 aromatic rings. The fraction of sp³-hybridized carbons (Fsp3) is 0.400. The highest BCUT2D eigenvalue weighted by Gasteiger charge is 2.38. The number of hydrogen-bond acceptors (Lipinski definition) is 5. The molecule has 2 N–H and O–H groups in total. The summed E-state index contributed by atoms with van der Waals surface area (Å²) in [5.41, 5.74) is -0.361. The van der Waals surface area contributed by atoms with Gasteiger partial charge in [-0.15, -0.1) is 0 Å². The highest BCUT2D eigenvalue weighted by Crippen LogP contribution is 2.33. The average molecular weight is 270 g/mol. The number of H-pyrrole nitrogens is 1. The van der Waals surface area contributed by atoms with E-state index < -0.39 is 11.9 Å². The van der Waals surface area contributed by atoms with Crippen LogP contribution in [0.2, 0.25) is 0 Å². The van der Waals surface area contributed by atoms with Crippen LogP contribution in [0.15, 0.2) is 6.33 Å². The van der Waals surface area contributed by atoms with Gasteiger partial charge in [0.05, 0.1) is 5.69 Å².